The molecular formula is C31H27F6NO3. The number of rotatable bonds is 6. The van der Waals surface area contributed by atoms with Gasteiger partial charge in [0.25, 0.3) is 0 Å². The fraction of sp³-hybridized carbons (Fsp3) is 0.387. The minimum Gasteiger partial charge on any atom is -0.432 e. The lowest BCUT2D eigenvalue weighted by molar-refractivity contribution is -0.222. The van der Waals surface area contributed by atoms with E-state index in [4.69, 9.17) is 14.7 Å². The third-order valence-corrected chi connectivity index (χ3v) is 7.66. The largest absolute Gasteiger partial charge is 0.432 e. The first-order chi connectivity index (χ1) is 19.6. The maximum absolute atomic E-state index is 15.2. The second-order valence-electron chi connectivity index (χ2n) is 10.7. The van der Waals surface area contributed by atoms with E-state index in [0.29, 0.717) is 42.0 Å². The molecule has 1 heterocycles. The predicted molar refractivity (Wildman–Crippen MR) is 137 cm³/mol. The van der Waals surface area contributed by atoms with Crippen LogP contribution in [0, 0.1) is 46.4 Å². The summed E-state index contributed by atoms with van der Waals surface area (Å²) >= 11 is 0. The molecule has 1 aliphatic carbocycles. The summed E-state index contributed by atoms with van der Waals surface area (Å²) in [6.07, 6.45) is -3.94. The monoisotopic (exact) mass is 575 g/mol. The lowest BCUT2D eigenvalue weighted by atomic mass is 9.77. The Morgan fingerprint density at radius 3 is 2.07 bits per heavy atom. The number of hydrogen-bond donors (Lipinski definition) is 0. The van der Waals surface area contributed by atoms with Crippen LogP contribution in [0.1, 0.15) is 61.5 Å². The molecule has 0 atom stereocenters. The lowest BCUT2D eigenvalue weighted by Crippen LogP contribution is -2.37. The van der Waals surface area contributed by atoms with Crippen LogP contribution < -0.4 is 4.74 Å². The summed E-state index contributed by atoms with van der Waals surface area (Å²) in [5.74, 6) is -5.76. The summed E-state index contributed by atoms with van der Waals surface area (Å²) in [5.41, 5.74) is 0.543. The molecule has 1 saturated carbocycles. The second-order valence-corrected chi connectivity index (χ2v) is 10.7. The quantitative estimate of drug-likeness (QED) is 0.277. The topological polar surface area (TPSA) is 51.5 Å². The Kier molecular flexibility index (Phi) is 8.30. The van der Waals surface area contributed by atoms with Crippen LogP contribution in [-0.4, -0.2) is 19.3 Å². The van der Waals surface area contributed by atoms with Crippen LogP contribution in [0.15, 0.2) is 48.5 Å². The number of benzene rings is 3. The van der Waals surface area contributed by atoms with Crippen LogP contribution in [0.4, 0.5) is 26.3 Å². The van der Waals surface area contributed by atoms with Crippen LogP contribution in [0.3, 0.4) is 0 Å². The van der Waals surface area contributed by atoms with E-state index in [-0.39, 0.29) is 43.1 Å². The molecule has 5 rings (SSSR count). The molecule has 10 heteroatoms. The van der Waals surface area contributed by atoms with Crippen molar-refractivity contribution in [1.82, 2.24) is 0 Å². The molecule has 0 bridgehead atoms. The standard InChI is InChI=1S/C31H27F6NO3/c1-17-15-39-30(40-16-17)20-5-9-24(27(33)11-20)19-4-8-23(26(32)10-19)18-2-6-21(7-3-18)31(36,37)41-22-12-28(34)25(14-38)29(35)13-22/h4-5,8-13,17-18,21,30H,2-3,6-7,15-16H2,1H3. The molecule has 0 amide bonds. The summed E-state index contributed by atoms with van der Waals surface area (Å²) in [6.45, 7) is 2.99. The molecule has 3 aromatic rings. The number of hydrogen-bond acceptors (Lipinski definition) is 4. The number of nitrogens with zero attached hydrogens (tertiary/aromatic N) is 1. The third kappa shape index (κ3) is 6.21. The summed E-state index contributed by atoms with van der Waals surface area (Å²) in [7, 11) is 0. The van der Waals surface area contributed by atoms with Gasteiger partial charge in [-0.15, -0.1) is 0 Å². The molecule has 0 aromatic heterocycles. The summed E-state index contributed by atoms with van der Waals surface area (Å²) in [4.78, 5) is 0. The zero-order valence-electron chi connectivity index (χ0n) is 22.1. The van der Waals surface area contributed by atoms with Crippen molar-refractivity contribution in [2.24, 2.45) is 11.8 Å². The van der Waals surface area contributed by atoms with Crippen LogP contribution in [-0.2, 0) is 9.47 Å². The molecular weight excluding hydrogens is 548 g/mol. The van der Waals surface area contributed by atoms with Gasteiger partial charge in [-0.3, -0.25) is 0 Å². The van der Waals surface area contributed by atoms with Crippen molar-refractivity contribution in [3.63, 3.8) is 0 Å². The number of nitriles is 1. The van der Waals surface area contributed by atoms with E-state index in [9.17, 15) is 22.0 Å². The SMILES string of the molecule is CC1COC(c2ccc(-c3ccc(C4CCC(C(F)(F)Oc5cc(F)c(C#N)c(F)c5)CC4)c(F)c3)c(F)c2)OC1. The molecule has 41 heavy (non-hydrogen) atoms. The fourth-order valence-electron chi connectivity index (χ4n) is 5.43. The van der Waals surface area contributed by atoms with Crippen molar-refractivity contribution in [3.8, 4) is 22.9 Å². The maximum Gasteiger partial charge on any atom is 0.400 e. The number of halogens is 6. The first-order valence-electron chi connectivity index (χ1n) is 13.3. The van der Waals surface area contributed by atoms with E-state index >= 15 is 4.39 Å². The summed E-state index contributed by atoms with van der Waals surface area (Å²) in [5, 5.41) is 8.74. The zero-order chi connectivity index (χ0) is 29.3. The average molecular weight is 576 g/mol. The molecule has 2 aliphatic rings. The maximum atomic E-state index is 15.2. The van der Waals surface area contributed by atoms with Gasteiger partial charge in [0.2, 0.25) is 0 Å². The Bertz CT molecular complexity index is 1430. The molecule has 0 N–H and O–H groups in total. The van der Waals surface area contributed by atoms with E-state index in [2.05, 4.69) is 4.74 Å². The Labute approximate surface area is 233 Å². The first kappa shape index (κ1) is 29.0. The van der Waals surface area contributed by atoms with Crippen LogP contribution in [0.25, 0.3) is 11.1 Å². The Hall–Kier alpha value is -3.55. The normalized spacial score (nSPS) is 23.2. The van der Waals surface area contributed by atoms with Crippen molar-refractivity contribution in [1.29, 1.82) is 5.26 Å². The van der Waals surface area contributed by atoms with Crippen molar-refractivity contribution in [2.45, 2.75) is 50.9 Å². The first-order valence-corrected chi connectivity index (χ1v) is 13.3. The van der Waals surface area contributed by atoms with Crippen molar-refractivity contribution in [3.05, 3.63) is 88.5 Å². The van der Waals surface area contributed by atoms with Gasteiger partial charge in [-0.05, 0) is 54.9 Å². The van der Waals surface area contributed by atoms with Gasteiger partial charge in [0.1, 0.15) is 40.7 Å². The molecule has 1 saturated heterocycles. The van der Waals surface area contributed by atoms with E-state index in [1.165, 1.54) is 18.2 Å². The summed E-state index contributed by atoms with van der Waals surface area (Å²) < 4.78 is 103. The molecule has 0 unspecified atom stereocenters. The molecule has 2 fully saturated rings. The summed E-state index contributed by atoms with van der Waals surface area (Å²) in [6, 6.07) is 11.3. The van der Waals surface area contributed by atoms with Gasteiger partial charge >= 0.3 is 6.11 Å². The number of ether oxygens (including phenoxy) is 3. The third-order valence-electron chi connectivity index (χ3n) is 7.66. The Morgan fingerprint density at radius 1 is 0.829 bits per heavy atom. The highest BCUT2D eigenvalue weighted by molar-refractivity contribution is 5.65. The fourth-order valence-corrected chi connectivity index (χ4v) is 5.43. The van der Waals surface area contributed by atoms with E-state index in [0.717, 1.165) is 0 Å². The Balaban J connectivity index is 1.23. The van der Waals surface area contributed by atoms with Crippen molar-refractivity contribution in [2.75, 3.05) is 13.2 Å². The smallest absolute Gasteiger partial charge is 0.400 e. The molecule has 0 radical (unpaired) electrons. The van der Waals surface area contributed by atoms with E-state index in [1.54, 1.807) is 24.3 Å². The predicted octanol–water partition coefficient (Wildman–Crippen LogP) is 8.41. The van der Waals surface area contributed by atoms with Gasteiger partial charge in [-0.1, -0.05) is 31.2 Å². The Morgan fingerprint density at radius 2 is 1.49 bits per heavy atom. The van der Waals surface area contributed by atoms with Gasteiger partial charge in [0.05, 0.1) is 19.1 Å². The number of alkyl halides is 2. The highest BCUT2D eigenvalue weighted by Crippen LogP contribution is 2.44. The highest BCUT2D eigenvalue weighted by atomic mass is 19.3. The molecule has 3 aromatic carbocycles. The minimum absolute atomic E-state index is 0.0136. The van der Waals surface area contributed by atoms with Crippen LogP contribution in [0.5, 0.6) is 5.75 Å². The lowest BCUT2D eigenvalue weighted by Gasteiger charge is -2.33. The molecule has 216 valence electrons. The zero-order valence-corrected chi connectivity index (χ0v) is 22.1. The van der Waals surface area contributed by atoms with Gasteiger partial charge in [0, 0.05) is 29.2 Å². The van der Waals surface area contributed by atoms with Crippen molar-refractivity contribution < 1.29 is 40.6 Å². The second kappa shape index (κ2) is 11.7. The average Bonchev–Trinajstić information content (AvgIpc) is 2.93. The van der Waals surface area contributed by atoms with Gasteiger partial charge in [-0.2, -0.15) is 14.0 Å². The van der Waals surface area contributed by atoms with Gasteiger partial charge in [-0.25, -0.2) is 17.6 Å². The molecule has 0 spiro atoms. The van der Waals surface area contributed by atoms with Gasteiger partial charge in [0.15, 0.2) is 6.29 Å². The van der Waals surface area contributed by atoms with Crippen LogP contribution >= 0.6 is 0 Å². The molecule has 1 aliphatic heterocycles. The minimum atomic E-state index is -3.73. The van der Waals surface area contributed by atoms with Gasteiger partial charge < -0.3 is 14.2 Å². The van der Waals surface area contributed by atoms with E-state index < -0.39 is 52.9 Å². The van der Waals surface area contributed by atoms with Crippen molar-refractivity contribution >= 4 is 0 Å². The van der Waals surface area contributed by atoms with E-state index in [1.807, 2.05) is 6.92 Å². The van der Waals surface area contributed by atoms with Crippen LogP contribution in [0.2, 0.25) is 0 Å². The highest BCUT2D eigenvalue weighted by Gasteiger charge is 2.44. The molecule has 4 nitrogen and oxygen atoms in total.